The van der Waals surface area contributed by atoms with Gasteiger partial charge in [-0.1, -0.05) is 109 Å². The van der Waals surface area contributed by atoms with E-state index in [0.29, 0.717) is 0 Å². The molecule has 0 heterocycles. The zero-order valence-electron chi connectivity index (χ0n) is 25.6. The van der Waals surface area contributed by atoms with Crippen molar-refractivity contribution in [2.45, 2.75) is 62.6 Å². The maximum absolute atomic E-state index is 14.6. The van der Waals surface area contributed by atoms with Crippen LogP contribution in [0.3, 0.4) is 0 Å². The summed E-state index contributed by atoms with van der Waals surface area (Å²) in [4.78, 5) is 30.3. The first-order valence-corrected chi connectivity index (χ1v) is 17.5. The molecule has 46 heavy (non-hydrogen) atoms. The van der Waals surface area contributed by atoms with Crippen LogP contribution in [0.2, 0.25) is 10.0 Å². The minimum absolute atomic E-state index is 0.0131. The predicted octanol–water partition coefficient (Wildman–Crippen LogP) is 7.20. The largest absolute Gasteiger partial charge is 0.352 e. The summed E-state index contributed by atoms with van der Waals surface area (Å²) in [6.07, 6.45) is 4.10. The summed E-state index contributed by atoms with van der Waals surface area (Å²) in [5.41, 5.74) is 2.87. The number of anilines is 1. The summed E-state index contributed by atoms with van der Waals surface area (Å²) in [7, 11) is -4.23. The Morgan fingerprint density at radius 1 is 0.848 bits per heavy atom. The standard InChI is InChI=1S/C36H37Cl2N3O4S/c1-26-12-8-9-15-28(26)24-40(34(22-27-13-4-2-5-14-27)36(43)39-29-16-10-11-17-29)35(42)25-41(30-20-21-32(37)33(38)23-30)46(44,45)31-18-6-3-7-19-31/h2-9,12-15,18-21,23,29,34H,10-11,16-17,22,24-25H2,1H3,(H,39,43). The number of hydrogen-bond acceptors (Lipinski definition) is 4. The van der Waals surface area contributed by atoms with Crippen molar-refractivity contribution < 1.29 is 18.0 Å². The zero-order chi connectivity index (χ0) is 32.7. The molecule has 0 aromatic heterocycles. The van der Waals surface area contributed by atoms with Gasteiger partial charge in [-0.05, 0) is 66.8 Å². The zero-order valence-corrected chi connectivity index (χ0v) is 27.9. The van der Waals surface area contributed by atoms with Gasteiger partial charge in [0, 0.05) is 19.0 Å². The maximum Gasteiger partial charge on any atom is 0.264 e. The fourth-order valence-corrected chi connectivity index (χ4v) is 7.50. The van der Waals surface area contributed by atoms with Crippen molar-refractivity contribution in [3.05, 3.63) is 130 Å². The van der Waals surface area contributed by atoms with Gasteiger partial charge in [0.2, 0.25) is 11.8 Å². The van der Waals surface area contributed by atoms with Crippen LogP contribution in [0.5, 0.6) is 0 Å². The molecule has 4 aromatic carbocycles. The van der Waals surface area contributed by atoms with Gasteiger partial charge in [0.15, 0.2) is 0 Å². The molecule has 2 amide bonds. The first-order chi connectivity index (χ1) is 22.1. The number of carbonyl (C=O) groups is 2. The Hall–Kier alpha value is -3.85. The third-order valence-corrected chi connectivity index (χ3v) is 10.9. The highest BCUT2D eigenvalue weighted by molar-refractivity contribution is 7.92. The van der Waals surface area contributed by atoms with Crippen molar-refractivity contribution in [3.63, 3.8) is 0 Å². The van der Waals surface area contributed by atoms with Crippen LogP contribution in [-0.4, -0.2) is 43.8 Å². The van der Waals surface area contributed by atoms with Crippen LogP contribution in [0.1, 0.15) is 42.4 Å². The molecule has 1 saturated carbocycles. The molecule has 1 aliphatic carbocycles. The lowest BCUT2D eigenvalue weighted by molar-refractivity contribution is -0.140. The molecule has 0 aliphatic heterocycles. The van der Waals surface area contributed by atoms with Crippen LogP contribution in [0.4, 0.5) is 5.69 Å². The number of nitrogens with one attached hydrogen (secondary N) is 1. The molecule has 0 spiro atoms. The van der Waals surface area contributed by atoms with E-state index >= 15 is 0 Å². The Morgan fingerprint density at radius 3 is 2.13 bits per heavy atom. The summed E-state index contributed by atoms with van der Waals surface area (Å²) < 4.78 is 29.3. The number of hydrogen-bond donors (Lipinski definition) is 1. The van der Waals surface area contributed by atoms with E-state index in [2.05, 4.69) is 5.32 Å². The summed E-state index contributed by atoms with van der Waals surface area (Å²) >= 11 is 12.5. The normalized spacial score (nSPS) is 14.1. The second-order valence-electron chi connectivity index (χ2n) is 11.6. The third-order valence-electron chi connectivity index (χ3n) is 8.38. The van der Waals surface area contributed by atoms with Crippen LogP contribution in [0, 0.1) is 6.92 Å². The highest BCUT2D eigenvalue weighted by Gasteiger charge is 2.35. The minimum Gasteiger partial charge on any atom is -0.352 e. The van der Waals surface area contributed by atoms with E-state index in [1.807, 2.05) is 61.5 Å². The van der Waals surface area contributed by atoms with Gasteiger partial charge in [0.05, 0.1) is 20.6 Å². The van der Waals surface area contributed by atoms with Gasteiger partial charge in [-0.15, -0.1) is 0 Å². The fourth-order valence-electron chi connectivity index (χ4n) is 5.78. The van der Waals surface area contributed by atoms with Gasteiger partial charge in [0.25, 0.3) is 10.0 Å². The lowest BCUT2D eigenvalue weighted by atomic mass is 10.0. The lowest BCUT2D eigenvalue weighted by Gasteiger charge is -2.34. The average molecular weight is 679 g/mol. The molecule has 5 rings (SSSR count). The van der Waals surface area contributed by atoms with Gasteiger partial charge in [-0.2, -0.15) is 0 Å². The van der Waals surface area contributed by atoms with Gasteiger partial charge < -0.3 is 10.2 Å². The number of sulfonamides is 1. The number of amides is 2. The topological polar surface area (TPSA) is 86.8 Å². The van der Waals surface area contributed by atoms with Gasteiger partial charge in [-0.3, -0.25) is 13.9 Å². The van der Waals surface area contributed by atoms with E-state index in [4.69, 9.17) is 23.2 Å². The molecule has 1 unspecified atom stereocenters. The van der Waals surface area contributed by atoms with Crippen LogP contribution in [-0.2, 0) is 32.6 Å². The monoisotopic (exact) mass is 677 g/mol. The predicted molar refractivity (Wildman–Crippen MR) is 183 cm³/mol. The summed E-state index contributed by atoms with van der Waals surface area (Å²) in [6.45, 7) is 1.50. The van der Waals surface area contributed by atoms with Crippen molar-refractivity contribution in [1.82, 2.24) is 10.2 Å². The molecule has 1 atom stereocenters. The number of carbonyl (C=O) groups excluding carboxylic acids is 2. The highest BCUT2D eigenvalue weighted by Crippen LogP contribution is 2.31. The van der Waals surface area contributed by atoms with E-state index in [1.54, 1.807) is 18.2 Å². The SMILES string of the molecule is Cc1ccccc1CN(C(=O)CN(c1ccc(Cl)c(Cl)c1)S(=O)(=O)c1ccccc1)C(Cc1ccccc1)C(=O)NC1CCCC1. The smallest absolute Gasteiger partial charge is 0.264 e. The summed E-state index contributed by atoms with van der Waals surface area (Å²) in [5.74, 6) is -0.791. The molecule has 0 bridgehead atoms. The van der Waals surface area contributed by atoms with Crippen LogP contribution in [0.25, 0.3) is 0 Å². The van der Waals surface area contributed by atoms with E-state index in [0.717, 1.165) is 46.7 Å². The van der Waals surface area contributed by atoms with Crippen molar-refractivity contribution >= 4 is 50.7 Å². The van der Waals surface area contributed by atoms with E-state index < -0.39 is 28.5 Å². The van der Waals surface area contributed by atoms with Gasteiger partial charge in [-0.25, -0.2) is 8.42 Å². The second kappa shape index (κ2) is 15.2. The Balaban J connectivity index is 1.58. The molecule has 1 aliphatic rings. The molecule has 10 heteroatoms. The molecule has 4 aromatic rings. The second-order valence-corrected chi connectivity index (χ2v) is 14.2. The average Bonchev–Trinajstić information content (AvgIpc) is 3.57. The molecule has 1 fully saturated rings. The number of benzene rings is 4. The van der Waals surface area contributed by atoms with E-state index in [9.17, 15) is 18.0 Å². The van der Waals surface area contributed by atoms with E-state index in [1.165, 1.54) is 35.2 Å². The Bertz CT molecular complexity index is 1760. The van der Waals surface area contributed by atoms with Crippen molar-refractivity contribution in [3.8, 4) is 0 Å². The Labute approximate surface area is 281 Å². The molecule has 240 valence electrons. The van der Waals surface area contributed by atoms with E-state index in [-0.39, 0.29) is 45.5 Å². The molecular weight excluding hydrogens is 641 g/mol. The molecule has 7 nitrogen and oxygen atoms in total. The van der Waals surface area contributed by atoms with Crippen molar-refractivity contribution in [1.29, 1.82) is 0 Å². The Morgan fingerprint density at radius 2 is 1.48 bits per heavy atom. The third kappa shape index (κ3) is 8.10. The van der Waals surface area contributed by atoms with Crippen LogP contribution in [0.15, 0.2) is 108 Å². The van der Waals surface area contributed by atoms with Crippen molar-refractivity contribution in [2.75, 3.05) is 10.8 Å². The minimum atomic E-state index is -4.23. The van der Waals surface area contributed by atoms with Crippen LogP contribution >= 0.6 is 23.2 Å². The number of halogens is 2. The summed E-state index contributed by atoms with van der Waals surface area (Å²) in [6, 6.07) is 28.7. The number of nitrogens with zero attached hydrogens (tertiary/aromatic N) is 2. The number of rotatable bonds is 12. The summed E-state index contributed by atoms with van der Waals surface area (Å²) in [5, 5.41) is 3.59. The van der Waals surface area contributed by atoms with Gasteiger partial charge in [0.1, 0.15) is 12.6 Å². The maximum atomic E-state index is 14.6. The highest BCUT2D eigenvalue weighted by atomic mass is 35.5. The molecule has 1 N–H and O–H groups in total. The fraction of sp³-hybridized carbons (Fsp3) is 0.278. The molecule has 0 saturated heterocycles. The van der Waals surface area contributed by atoms with Gasteiger partial charge >= 0.3 is 0 Å². The lowest BCUT2D eigenvalue weighted by Crippen LogP contribution is -2.54. The molecular formula is C36H37Cl2N3O4S. The Kier molecular flexibility index (Phi) is 11.0. The first kappa shape index (κ1) is 33.5. The molecule has 0 radical (unpaired) electrons. The quantitative estimate of drug-likeness (QED) is 0.172. The van der Waals surface area contributed by atoms with Crippen molar-refractivity contribution in [2.24, 2.45) is 0 Å². The first-order valence-electron chi connectivity index (χ1n) is 15.3. The number of aryl methyl sites for hydroxylation is 1. The van der Waals surface area contributed by atoms with Crippen LogP contribution < -0.4 is 9.62 Å².